The highest BCUT2D eigenvalue weighted by Gasteiger charge is 2.44. The van der Waals surface area contributed by atoms with Crippen LogP contribution in [-0.2, 0) is 9.53 Å². The largest absolute Gasteiger partial charge is 0.507 e. The van der Waals surface area contributed by atoms with Gasteiger partial charge in [0, 0.05) is 10.8 Å². The van der Waals surface area contributed by atoms with Crippen LogP contribution in [0.1, 0.15) is 16.8 Å². The molecule has 1 fully saturated rings. The van der Waals surface area contributed by atoms with Crippen molar-refractivity contribution < 1.29 is 19.4 Å². The average Bonchev–Trinajstić information content (AvgIpc) is 2.87. The second-order valence-corrected chi connectivity index (χ2v) is 6.03. The second kappa shape index (κ2) is 5.93. The number of hydrogen-bond acceptors (Lipinski definition) is 5. The number of phenolic OH excluding ortho intramolecular Hbond substituents is 1. The summed E-state index contributed by atoms with van der Waals surface area (Å²) in [7, 11) is 1.29. The molecule has 0 aromatic heterocycles. The summed E-state index contributed by atoms with van der Waals surface area (Å²) < 4.78 is 4.77. The number of carbonyl (C=O) groups excluding carboxylic acids is 2. The van der Waals surface area contributed by atoms with Crippen molar-refractivity contribution in [2.75, 3.05) is 18.6 Å². The van der Waals surface area contributed by atoms with Crippen LogP contribution in [-0.4, -0.2) is 41.1 Å². The van der Waals surface area contributed by atoms with Crippen LogP contribution in [0.4, 0.5) is 0 Å². The van der Waals surface area contributed by atoms with E-state index < -0.39 is 17.4 Å². The quantitative estimate of drug-likeness (QED) is 0.832. The summed E-state index contributed by atoms with van der Waals surface area (Å²) >= 11 is 7.29. The highest BCUT2D eigenvalue weighted by Crippen LogP contribution is 2.30. The lowest BCUT2D eigenvalue weighted by molar-refractivity contribution is -0.147. The SMILES string of the molecule is COC(=O)[C@]1(NC(=O)c2ccc(Cl)cc2O)CCSC1. The molecule has 0 unspecified atom stereocenters. The van der Waals surface area contributed by atoms with E-state index in [9.17, 15) is 14.7 Å². The highest BCUT2D eigenvalue weighted by molar-refractivity contribution is 7.99. The Bertz CT molecular complexity index is 543. The maximum atomic E-state index is 12.2. The van der Waals surface area contributed by atoms with Crippen LogP contribution in [0.25, 0.3) is 0 Å². The van der Waals surface area contributed by atoms with E-state index in [4.69, 9.17) is 16.3 Å². The summed E-state index contributed by atoms with van der Waals surface area (Å²) in [6.07, 6.45) is 0.504. The number of benzene rings is 1. The number of carbonyl (C=O) groups is 2. The van der Waals surface area contributed by atoms with Gasteiger partial charge in [-0.05, 0) is 30.4 Å². The van der Waals surface area contributed by atoms with Crippen molar-refractivity contribution in [3.05, 3.63) is 28.8 Å². The Hall–Kier alpha value is -1.40. The first kappa shape index (κ1) is 15.0. The van der Waals surface area contributed by atoms with Crippen molar-refractivity contribution in [3.8, 4) is 5.75 Å². The normalized spacial score (nSPS) is 21.5. The maximum absolute atomic E-state index is 12.2. The van der Waals surface area contributed by atoms with Gasteiger partial charge in [0.05, 0.1) is 12.7 Å². The summed E-state index contributed by atoms with van der Waals surface area (Å²) in [5.74, 6) is 0.0129. The third-order valence-electron chi connectivity index (χ3n) is 3.15. The Morgan fingerprint density at radius 2 is 2.25 bits per heavy atom. The van der Waals surface area contributed by atoms with Gasteiger partial charge in [0.25, 0.3) is 5.91 Å². The van der Waals surface area contributed by atoms with Gasteiger partial charge in [-0.25, -0.2) is 4.79 Å². The third-order valence-corrected chi connectivity index (χ3v) is 4.58. The number of rotatable bonds is 3. The van der Waals surface area contributed by atoms with Crippen molar-refractivity contribution >= 4 is 35.2 Å². The smallest absolute Gasteiger partial charge is 0.332 e. The summed E-state index contributed by atoms with van der Waals surface area (Å²) in [5, 5.41) is 12.8. The number of nitrogens with one attached hydrogen (secondary N) is 1. The molecule has 5 nitrogen and oxygen atoms in total. The van der Waals surface area contributed by atoms with E-state index in [2.05, 4.69) is 5.32 Å². The maximum Gasteiger partial charge on any atom is 0.332 e. The second-order valence-electron chi connectivity index (χ2n) is 4.49. The molecule has 0 bridgehead atoms. The molecule has 1 aromatic rings. The van der Waals surface area contributed by atoms with E-state index in [1.54, 1.807) is 11.8 Å². The molecule has 1 saturated heterocycles. The number of phenols is 1. The summed E-state index contributed by atoms with van der Waals surface area (Å²) in [6, 6.07) is 4.20. The molecule has 2 N–H and O–H groups in total. The topological polar surface area (TPSA) is 75.6 Å². The molecular weight excluding hydrogens is 302 g/mol. The summed E-state index contributed by atoms with van der Waals surface area (Å²) in [4.78, 5) is 24.1. The van der Waals surface area contributed by atoms with Gasteiger partial charge in [-0.15, -0.1) is 0 Å². The minimum absolute atomic E-state index is 0.0783. The standard InChI is InChI=1S/C13H14ClNO4S/c1-19-12(18)13(4-5-20-7-13)15-11(17)9-3-2-8(14)6-10(9)16/h2-3,6,16H,4-5,7H2,1H3,(H,15,17)/t13-/m0/s1. The van der Waals surface area contributed by atoms with Crippen LogP contribution in [0.3, 0.4) is 0 Å². The Labute approximate surface area is 125 Å². The number of methoxy groups -OCH3 is 1. The van der Waals surface area contributed by atoms with Crippen molar-refractivity contribution in [2.24, 2.45) is 0 Å². The zero-order valence-electron chi connectivity index (χ0n) is 10.8. The van der Waals surface area contributed by atoms with Gasteiger partial charge in [0.15, 0.2) is 0 Å². The van der Waals surface area contributed by atoms with Crippen LogP contribution in [0.5, 0.6) is 5.75 Å². The lowest BCUT2D eigenvalue weighted by Crippen LogP contribution is -2.55. The number of amides is 1. The molecule has 0 radical (unpaired) electrons. The van der Waals surface area contributed by atoms with E-state index in [1.807, 2.05) is 0 Å². The van der Waals surface area contributed by atoms with E-state index in [-0.39, 0.29) is 11.3 Å². The number of thioether (sulfide) groups is 1. The van der Waals surface area contributed by atoms with Crippen LogP contribution in [0.2, 0.25) is 5.02 Å². The minimum atomic E-state index is -1.03. The molecule has 1 aromatic carbocycles. The first-order chi connectivity index (χ1) is 9.48. The van der Waals surface area contributed by atoms with Crippen molar-refractivity contribution in [2.45, 2.75) is 12.0 Å². The molecule has 1 aliphatic heterocycles. The molecule has 1 atom stereocenters. The number of hydrogen-bond donors (Lipinski definition) is 2. The number of ether oxygens (including phenoxy) is 1. The minimum Gasteiger partial charge on any atom is -0.507 e. The van der Waals surface area contributed by atoms with Crippen molar-refractivity contribution in [3.63, 3.8) is 0 Å². The highest BCUT2D eigenvalue weighted by atomic mass is 35.5. The molecule has 1 heterocycles. The van der Waals surface area contributed by atoms with Crippen LogP contribution in [0.15, 0.2) is 18.2 Å². The molecule has 0 aliphatic carbocycles. The molecule has 7 heteroatoms. The summed E-state index contributed by atoms with van der Waals surface area (Å²) in [5.41, 5.74) is -0.947. The fourth-order valence-corrected chi connectivity index (χ4v) is 3.54. The number of esters is 1. The van der Waals surface area contributed by atoms with Crippen molar-refractivity contribution in [1.82, 2.24) is 5.32 Å². The van der Waals surface area contributed by atoms with Crippen molar-refractivity contribution in [1.29, 1.82) is 0 Å². The average molecular weight is 316 g/mol. The molecular formula is C13H14ClNO4S. The molecule has 1 amide bonds. The molecule has 0 spiro atoms. The fraction of sp³-hybridized carbons (Fsp3) is 0.385. The van der Waals surface area contributed by atoms with Crippen LogP contribution in [0, 0.1) is 0 Å². The molecule has 108 valence electrons. The number of halogens is 1. The van der Waals surface area contributed by atoms with E-state index in [0.29, 0.717) is 17.2 Å². The first-order valence-electron chi connectivity index (χ1n) is 5.96. The Morgan fingerprint density at radius 3 is 2.80 bits per heavy atom. The predicted molar refractivity (Wildman–Crippen MR) is 77.3 cm³/mol. The van der Waals surface area contributed by atoms with E-state index in [0.717, 1.165) is 5.75 Å². The van der Waals surface area contributed by atoms with Gasteiger partial charge >= 0.3 is 5.97 Å². The Kier molecular flexibility index (Phi) is 4.45. The number of aromatic hydroxyl groups is 1. The summed E-state index contributed by atoms with van der Waals surface area (Å²) in [6.45, 7) is 0. The van der Waals surface area contributed by atoms with E-state index >= 15 is 0 Å². The van der Waals surface area contributed by atoms with Gasteiger partial charge < -0.3 is 15.2 Å². The third kappa shape index (κ3) is 2.86. The molecule has 2 rings (SSSR count). The van der Waals surface area contributed by atoms with E-state index in [1.165, 1.54) is 25.3 Å². The van der Waals surface area contributed by atoms with Gasteiger partial charge in [-0.3, -0.25) is 4.79 Å². The Balaban J connectivity index is 2.23. The predicted octanol–water partition coefficient (Wildman–Crippen LogP) is 1.82. The molecule has 20 heavy (non-hydrogen) atoms. The van der Waals surface area contributed by atoms with Gasteiger partial charge in [-0.1, -0.05) is 11.6 Å². The monoisotopic (exact) mass is 315 g/mol. The Morgan fingerprint density at radius 1 is 1.50 bits per heavy atom. The first-order valence-corrected chi connectivity index (χ1v) is 7.49. The molecule has 0 saturated carbocycles. The zero-order valence-corrected chi connectivity index (χ0v) is 12.4. The zero-order chi connectivity index (χ0) is 14.8. The van der Waals surface area contributed by atoms with Gasteiger partial charge in [-0.2, -0.15) is 11.8 Å². The molecule has 1 aliphatic rings. The lowest BCUT2D eigenvalue weighted by Gasteiger charge is -2.26. The lowest BCUT2D eigenvalue weighted by atomic mass is 9.98. The fourth-order valence-electron chi connectivity index (χ4n) is 2.05. The van der Waals surface area contributed by atoms with Gasteiger partial charge in [0.2, 0.25) is 0 Å². The van der Waals surface area contributed by atoms with Crippen LogP contribution >= 0.6 is 23.4 Å². The van der Waals surface area contributed by atoms with Gasteiger partial charge in [0.1, 0.15) is 11.3 Å². The van der Waals surface area contributed by atoms with Crippen LogP contribution < -0.4 is 5.32 Å².